The number of para-hydroxylation sites is 2. The number of aliphatic hydroxyl groups is 4. The third kappa shape index (κ3) is 50.0. The Bertz CT molecular complexity index is 4660. The summed E-state index contributed by atoms with van der Waals surface area (Å²) in [5.41, 5.74) is 6.53. The summed E-state index contributed by atoms with van der Waals surface area (Å²) in [6.45, 7) is 57.4. The van der Waals surface area contributed by atoms with Crippen LogP contribution in [0.1, 0.15) is 356 Å². The van der Waals surface area contributed by atoms with Crippen molar-refractivity contribution in [2.45, 2.75) is 332 Å². The molecule has 0 bridgehead atoms. The quantitative estimate of drug-likeness (QED) is 0.0267. The Hall–Kier alpha value is -8.72. The van der Waals surface area contributed by atoms with E-state index in [0.717, 1.165) is 126 Å². The summed E-state index contributed by atoms with van der Waals surface area (Å²) < 4.78 is 149. The van der Waals surface area contributed by atoms with E-state index in [4.69, 9.17) is 37.9 Å². The van der Waals surface area contributed by atoms with E-state index in [1.54, 1.807) is 46.8 Å². The van der Waals surface area contributed by atoms with Gasteiger partial charge >= 0.3 is 12.4 Å². The van der Waals surface area contributed by atoms with Crippen molar-refractivity contribution in [3.63, 3.8) is 0 Å². The van der Waals surface area contributed by atoms with E-state index in [9.17, 15) is 55.5 Å². The largest absolute Gasteiger partial charge is 0.492 e. The van der Waals surface area contributed by atoms with Crippen LogP contribution in [-0.2, 0) is 12.4 Å². The second-order valence-electron chi connectivity index (χ2n) is 40.1. The van der Waals surface area contributed by atoms with Crippen LogP contribution in [0.4, 0.5) is 35.1 Å². The van der Waals surface area contributed by atoms with Crippen molar-refractivity contribution in [1.82, 2.24) is 19.6 Å². The normalized spacial score (nSPS) is 15.2. The number of hydrogen-bond acceptors (Lipinski definition) is 16. The lowest BCUT2D eigenvalue weighted by atomic mass is 9.96. The van der Waals surface area contributed by atoms with Gasteiger partial charge in [-0.05, 0) is 318 Å². The minimum atomic E-state index is -4.40. The Labute approximate surface area is 854 Å². The predicted octanol–water partition coefficient (Wildman–Crippen LogP) is 29.5. The van der Waals surface area contributed by atoms with Crippen molar-refractivity contribution in [3.8, 4) is 46.0 Å². The topological polar surface area (TPSA) is 168 Å². The van der Waals surface area contributed by atoms with Crippen molar-refractivity contribution >= 4 is 0 Å². The number of nitrogens with zero attached hydrogens (tertiary/aromatic N) is 4. The van der Waals surface area contributed by atoms with Gasteiger partial charge in [-0.25, -0.2) is 8.78 Å². The number of likely N-dealkylation sites (tertiary alicyclic amines) is 4. The number of ether oxygens (including phenoxy) is 8. The molecule has 0 amide bonds. The Morgan fingerprint density at radius 1 is 0.252 bits per heavy atom. The average molecular weight is 2010 g/mol. The highest BCUT2D eigenvalue weighted by molar-refractivity contribution is 5.43. The standard InChI is InChI=1S/C17H24F3NO.C17H25F2NO.2C16H25NO.C14H19F3O2.3C13H20O2/c1-13(2)15-12-14(6-7-16(15)17(18,19)20)22-11-10-21-8-4-3-5-9-21;1-13(2)16-12-14(6-7-15(16)17(18)19)21-11-10-20-8-4-3-5-9-20;1-14(2)15-8-4-5-9-16(15)18-13-12-17-10-6-3-7-11-17;1-14(2)15-7-6-8-16(13-15)18-12-11-17-9-4-3-5-10-17;1-4-10(18)8-19-11-5-6-12(9(2)3)13(7-11)14(15,16)17;1-4-12(14)9-15-13-7-5-11(6-8-13)10(2)3;1-4-12(14)9-15-13-7-5-6-11(8-13)10(2)3;1-4-11(14)9-15-13-8-6-5-7-12(13)10(2)3/h6-7,12-13H,3-5,8-11H2,1-2H3;6-7,12-13,17H,3-5,8-11H2,1-2H3;4-5,8-9,14H,3,6-7,10-13H2,1-2H3;6-8,13-14H,3-5,9-12H2,1-2H3;5-7,9-10,18H,4,8H2,1-3H3;2*5-8,10,12,14H,4,9H2,1-3H3;5-8,10-11,14H,4,9H2,1-3H3. The molecule has 4 atom stereocenters. The first kappa shape index (κ1) is 125. The lowest BCUT2D eigenvalue weighted by molar-refractivity contribution is -0.139. The molecule has 143 heavy (non-hydrogen) atoms. The van der Waals surface area contributed by atoms with E-state index in [2.05, 4.69) is 162 Å². The molecule has 16 nitrogen and oxygen atoms in total. The van der Waals surface area contributed by atoms with E-state index in [1.165, 1.54) is 161 Å². The molecule has 4 heterocycles. The summed E-state index contributed by atoms with van der Waals surface area (Å²) in [6.07, 6.45) is 5.53. The zero-order valence-corrected chi connectivity index (χ0v) is 90.1. The van der Waals surface area contributed by atoms with Crippen LogP contribution in [0.25, 0.3) is 0 Å². The maximum absolute atomic E-state index is 13.0. The molecule has 24 heteroatoms. The maximum Gasteiger partial charge on any atom is 0.416 e. The van der Waals surface area contributed by atoms with Crippen molar-refractivity contribution in [1.29, 1.82) is 0 Å². The van der Waals surface area contributed by atoms with Gasteiger partial charge in [-0.2, -0.15) is 26.3 Å². The summed E-state index contributed by atoms with van der Waals surface area (Å²) in [5.74, 6) is 8.21. The minimum absolute atomic E-state index is 0.00514. The molecule has 4 unspecified atom stereocenters. The van der Waals surface area contributed by atoms with Gasteiger partial charge in [-0.15, -0.1) is 0 Å². The zero-order chi connectivity index (χ0) is 105. The SMILES string of the molecule is CC(C)c1cc(OCCN2CCCCC2)ccc1C(F)(F)F.CC(C)c1cc(OCCN2CCCCC2)ccc1C(F)F.CC(C)c1cccc(OCCN2CCCCC2)c1.CC(C)c1ccccc1OCCN1CCCCC1.CCC(O)COc1ccc(C(C)C)c(C(F)(F)F)c1.CCC(O)COc1ccc(C(C)C)cc1.CCC(O)COc1cccc(C(C)C)c1.CCC(O)COc1ccccc1C(C)C. The van der Waals surface area contributed by atoms with Gasteiger partial charge in [0.25, 0.3) is 6.43 Å². The fourth-order valence-electron chi connectivity index (χ4n) is 16.3. The molecule has 0 saturated carbocycles. The Balaban J connectivity index is 0.000000289. The average Bonchev–Trinajstić information content (AvgIpc) is 0.808. The van der Waals surface area contributed by atoms with Gasteiger partial charge in [0.15, 0.2) is 0 Å². The summed E-state index contributed by atoms with van der Waals surface area (Å²) >= 11 is 0. The summed E-state index contributed by atoms with van der Waals surface area (Å²) in [5, 5.41) is 37.5. The highest BCUT2D eigenvalue weighted by Crippen LogP contribution is 2.40. The lowest BCUT2D eigenvalue weighted by Crippen LogP contribution is -2.33. The second-order valence-corrected chi connectivity index (χ2v) is 40.1. The first-order valence-corrected chi connectivity index (χ1v) is 53.1. The molecule has 802 valence electrons. The molecule has 4 saturated heterocycles. The van der Waals surface area contributed by atoms with Gasteiger partial charge < -0.3 is 58.3 Å². The smallest absolute Gasteiger partial charge is 0.416 e. The van der Waals surface area contributed by atoms with Crippen molar-refractivity contribution in [2.75, 3.05) is 131 Å². The van der Waals surface area contributed by atoms with Crippen LogP contribution >= 0.6 is 0 Å². The van der Waals surface area contributed by atoms with E-state index in [1.807, 2.05) is 83.1 Å². The Kier molecular flexibility index (Phi) is 59.9. The molecule has 12 rings (SSSR count). The number of aliphatic hydroxyl groups excluding tert-OH is 4. The number of rotatable bonds is 41. The number of piperidine rings is 4. The third-order valence-corrected chi connectivity index (χ3v) is 25.6. The fraction of sp³-hybridized carbons (Fsp3) is 0.597. The first-order chi connectivity index (χ1) is 68.1. The number of hydrogen-bond donors (Lipinski definition) is 4. The minimum Gasteiger partial charge on any atom is -0.492 e. The van der Waals surface area contributed by atoms with Gasteiger partial charge in [0.1, 0.15) is 98.9 Å². The molecule has 0 aromatic heterocycles. The molecule has 8 aromatic carbocycles. The monoisotopic (exact) mass is 2010 g/mol. The predicted molar refractivity (Wildman–Crippen MR) is 570 cm³/mol. The third-order valence-electron chi connectivity index (χ3n) is 25.6. The number of halogens is 8. The number of alkyl halides is 8. The zero-order valence-electron chi connectivity index (χ0n) is 90.1. The Morgan fingerprint density at radius 2 is 0.545 bits per heavy atom. The van der Waals surface area contributed by atoms with Gasteiger partial charge in [-0.3, -0.25) is 19.6 Å². The maximum atomic E-state index is 13.0. The van der Waals surface area contributed by atoms with E-state index >= 15 is 0 Å². The molecule has 0 spiro atoms. The molecule has 4 aliphatic rings. The van der Waals surface area contributed by atoms with Crippen LogP contribution in [0.5, 0.6) is 46.0 Å². The van der Waals surface area contributed by atoms with Gasteiger partial charge in [0.2, 0.25) is 0 Å². The lowest BCUT2D eigenvalue weighted by Gasteiger charge is -2.26. The van der Waals surface area contributed by atoms with Crippen LogP contribution in [0.3, 0.4) is 0 Å². The van der Waals surface area contributed by atoms with E-state index in [0.29, 0.717) is 91.7 Å². The van der Waals surface area contributed by atoms with Crippen LogP contribution in [0.15, 0.2) is 176 Å². The van der Waals surface area contributed by atoms with Crippen molar-refractivity contribution in [3.05, 3.63) is 237 Å². The number of benzene rings is 8. The van der Waals surface area contributed by atoms with Crippen LogP contribution in [0.2, 0.25) is 0 Å². The molecule has 4 N–H and O–H groups in total. The molecular weight excluding hydrogens is 1830 g/mol. The van der Waals surface area contributed by atoms with Crippen LogP contribution in [0, 0.1) is 0 Å². The molecule has 4 fully saturated rings. The second kappa shape index (κ2) is 68.7. The van der Waals surface area contributed by atoms with Crippen LogP contribution < -0.4 is 37.9 Å². The fourth-order valence-corrected chi connectivity index (χ4v) is 16.3. The first-order valence-electron chi connectivity index (χ1n) is 53.1. The summed E-state index contributed by atoms with van der Waals surface area (Å²) in [6, 6.07) is 53.9. The van der Waals surface area contributed by atoms with E-state index < -0.39 is 36.0 Å². The highest BCUT2D eigenvalue weighted by Gasteiger charge is 2.36. The van der Waals surface area contributed by atoms with Gasteiger partial charge in [-0.1, -0.05) is 243 Å². The van der Waals surface area contributed by atoms with Crippen LogP contribution in [-0.4, -0.2) is 196 Å². The molecule has 4 aliphatic heterocycles. The molecule has 8 aromatic rings. The van der Waals surface area contributed by atoms with Crippen molar-refractivity contribution in [2.24, 2.45) is 0 Å². The molecular formula is C119H178F8N4O12. The van der Waals surface area contributed by atoms with Gasteiger partial charge in [0, 0.05) is 31.7 Å². The van der Waals surface area contributed by atoms with Crippen molar-refractivity contribution < 1.29 is 93.4 Å². The Morgan fingerprint density at radius 3 is 0.888 bits per heavy atom. The van der Waals surface area contributed by atoms with Gasteiger partial charge in [0.05, 0.1) is 35.5 Å². The summed E-state index contributed by atoms with van der Waals surface area (Å²) in [7, 11) is 0. The molecule has 0 aliphatic carbocycles. The molecule has 0 radical (unpaired) electrons. The van der Waals surface area contributed by atoms with E-state index in [-0.39, 0.29) is 59.5 Å². The highest BCUT2D eigenvalue weighted by atomic mass is 19.4. The summed E-state index contributed by atoms with van der Waals surface area (Å²) in [4.78, 5) is 9.77.